The minimum Gasteiger partial charge on any atom is -0.480 e. The minimum absolute atomic E-state index is 0.0102. The first kappa shape index (κ1) is 15.0. The minimum atomic E-state index is -1.15. The summed E-state index contributed by atoms with van der Waals surface area (Å²) in [5.41, 5.74) is 0.849. The fourth-order valence-electron chi connectivity index (χ4n) is 2.28. The van der Waals surface area contributed by atoms with E-state index >= 15 is 0 Å². The summed E-state index contributed by atoms with van der Waals surface area (Å²) in [5, 5.41) is 21.1. The maximum Gasteiger partial charge on any atom is 0.326 e. The van der Waals surface area contributed by atoms with Gasteiger partial charge in [-0.3, -0.25) is 4.79 Å². The Morgan fingerprint density at radius 1 is 1.33 bits per heavy atom. The Bertz CT molecular complexity index is 586. The normalized spacial score (nSPS) is 21.1. The molecule has 1 aliphatic rings. The number of urea groups is 1. The van der Waals surface area contributed by atoms with E-state index in [-0.39, 0.29) is 18.7 Å². The number of carboxylic acid groups (broad SMARTS) is 1. The number of carboxylic acids is 1. The molecule has 2 atom stereocenters. The predicted molar refractivity (Wildman–Crippen MR) is 74.2 cm³/mol. The summed E-state index contributed by atoms with van der Waals surface area (Å²) in [6.45, 7) is 1.38. The lowest BCUT2D eigenvalue weighted by Crippen LogP contribution is -2.43. The largest absolute Gasteiger partial charge is 0.480 e. The third-order valence-electron chi connectivity index (χ3n) is 3.35. The number of aliphatic hydroxyl groups is 1. The number of rotatable bonds is 3. The number of aliphatic carboxylic acids is 1. The highest BCUT2D eigenvalue weighted by atomic mass is 16.4. The standard InChI is InChI=1S/C14H16N2O5/c1-8(17)9-3-2-4-10(5-9)15-14(21)16-7-11(18)6-12(16)13(19)20/h2-5,11-12,18H,6-7H2,1H3,(H,15,21)(H,19,20)/t11-,12-/m1/s1. The Kier molecular flexibility index (Phi) is 4.23. The van der Waals surface area contributed by atoms with E-state index in [1.165, 1.54) is 13.0 Å². The number of Topliss-reactive ketones (excluding diaryl/α,β-unsaturated/α-hetero) is 1. The van der Waals surface area contributed by atoms with Crippen LogP contribution in [0.5, 0.6) is 0 Å². The van der Waals surface area contributed by atoms with Crippen LogP contribution in [-0.2, 0) is 4.79 Å². The number of aliphatic hydroxyl groups excluding tert-OH is 1. The number of amides is 2. The Hall–Kier alpha value is -2.41. The lowest BCUT2D eigenvalue weighted by Gasteiger charge is -2.21. The van der Waals surface area contributed by atoms with E-state index in [2.05, 4.69) is 5.32 Å². The summed E-state index contributed by atoms with van der Waals surface area (Å²) in [5.74, 6) is -1.29. The number of carbonyl (C=O) groups excluding carboxylic acids is 2. The molecule has 3 N–H and O–H groups in total. The first-order valence-electron chi connectivity index (χ1n) is 6.48. The molecule has 112 valence electrons. The van der Waals surface area contributed by atoms with Gasteiger partial charge in [-0.25, -0.2) is 9.59 Å². The highest BCUT2D eigenvalue weighted by molar-refractivity contribution is 5.97. The molecule has 0 aliphatic carbocycles. The van der Waals surface area contributed by atoms with Gasteiger partial charge in [0.2, 0.25) is 0 Å². The maximum atomic E-state index is 12.1. The molecule has 21 heavy (non-hydrogen) atoms. The average molecular weight is 292 g/mol. The van der Waals surface area contributed by atoms with Crippen molar-refractivity contribution in [2.45, 2.75) is 25.5 Å². The van der Waals surface area contributed by atoms with Gasteiger partial charge in [0.05, 0.1) is 6.10 Å². The zero-order valence-electron chi connectivity index (χ0n) is 11.4. The molecular weight excluding hydrogens is 276 g/mol. The lowest BCUT2D eigenvalue weighted by atomic mass is 10.1. The first-order chi connectivity index (χ1) is 9.88. The Balaban J connectivity index is 2.12. The molecule has 1 fully saturated rings. The monoisotopic (exact) mass is 292 g/mol. The van der Waals surface area contributed by atoms with E-state index in [0.717, 1.165) is 4.90 Å². The number of anilines is 1. The first-order valence-corrected chi connectivity index (χ1v) is 6.48. The fourth-order valence-corrected chi connectivity index (χ4v) is 2.28. The van der Waals surface area contributed by atoms with Gasteiger partial charge in [-0.15, -0.1) is 0 Å². The van der Waals surface area contributed by atoms with E-state index in [0.29, 0.717) is 11.3 Å². The van der Waals surface area contributed by atoms with E-state index in [1.54, 1.807) is 18.2 Å². The lowest BCUT2D eigenvalue weighted by molar-refractivity contribution is -0.141. The number of β-amino-alcohol motifs (C(OH)–C–C–N with tert-alkyl or cyclic N) is 1. The number of ketones is 1. The SMILES string of the molecule is CC(=O)c1cccc(NC(=O)N2C[C@H](O)C[C@@H]2C(=O)O)c1. The van der Waals surface area contributed by atoms with Crippen LogP contribution in [0.2, 0.25) is 0 Å². The molecule has 0 aromatic heterocycles. The van der Waals surface area contributed by atoms with E-state index < -0.39 is 24.1 Å². The third kappa shape index (κ3) is 3.38. The third-order valence-corrected chi connectivity index (χ3v) is 3.35. The summed E-state index contributed by atoms with van der Waals surface area (Å²) in [6, 6.07) is 4.71. The van der Waals surface area contributed by atoms with Gasteiger partial charge in [0.25, 0.3) is 0 Å². The molecule has 2 rings (SSSR count). The molecular formula is C14H16N2O5. The van der Waals surface area contributed by atoms with Crippen LogP contribution >= 0.6 is 0 Å². The van der Waals surface area contributed by atoms with E-state index in [9.17, 15) is 19.5 Å². The fraction of sp³-hybridized carbons (Fsp3) is 0.357. The van der Waals surface area contributed by atoms with Crippen LogP contribution in [0.3, 0.4) is 0 Å². The van der Waals surface area contributed by atoms with Crippen molar-refractivity contribution < 1.29 is 24.6 Å². The highest BCUT2D eigenvalue weighted by Crippen LogP contribution is 2.20. The van der Waals surface area contributed by atoms with Gasteiger partial charge >= 0.3 is 12.0 Å². The second-order valence-electron chi connectivity index (χ2n) is 4.96. The molecule has 1 aliphatic heterocycles. The van der Waals surface area contributed by atoms with Crippen LogP contribution in [0.25, 0.3) is 0 Å². The van der Waals surface area contributed by atoms with Gasteiger partial charge in [-0.2, -0.15) is 0 Å². The van der Waals surface area contributed by atoms with Crippen molar-refractivity contribution in [3.8, 4) is 0 Å². The number of benzene rings is 1. The van der Waals surface area contributed by atoms with E-state index in [4.69, 9.17) is 5.11 Å². The molecule has 2 amide bonds. The Morgan fingerprint density at radius 2 is 2.05 bits per heavy atom. The van der Waals surface area contributed by atoms with Crippen molar-refractivity contribution >= 4 is 23.5 Å². The van der Waals surface area contributed by atoms with Gasteiger partial charge in [0.15, 0.2) is 5.78 Å². The average Bonchev–Trinajstić information content (AvgIpc) is 2.81. The smallest absolute Gasteiger partial charge is 0.326 e. The summed E-state index contributed by atoms with van der Waals surface area (Å²) in [7, 11) is 0. The van der Waals surface area contributed by atoms with Crippen LogP contribution in [0.4, 0.5) is 10.5 Å². The van der Waals surface area contributed by atoms with Gasteiger partial charge in [-0.05, 0) is 19.1 Å². The molecule has 0 saturated carbocycles. The van der Waals surface area contributed by atoms with Crippen molar-refractivity contribution in [3.05, 3.63) is 29.8 Å². The van der Waals surface area contributed by atoms with Crippen LogP contribution in [0.1, 0.15) is 23.7 Å². The quantitative estimate of drug-likeness (QED) is 0.719. The second-order valence-corrected chi connectivity index (χ2v) is 4.96. The van der Waals surface area contributed by atoms with Crippen molar-refractivity contribution in [2.24, 2.45) is 0 Å². The summed E-state index contributed by atoms with van der Waals surface area (Å²) < 4.78 is 0. The maximum absolute atomic E-state index is 12.1. The summed E-state index contributed by atoms with van der Waals surface area (Å²) >= 11 is 0. The number of nitrogens with zero attached hydrogens (tertiary/aromatic N) is 1. The topological polar surface area (TPSA) is 107 Å². The molecule has 1 heterocycles. The van der Waals surface area contributed by atoms with Gasteiger partial charge in [0, 0.05) is 24.2 Å². The number of hydrogen-bond acceptors (Lipinski definition) is 4. The highest BCUT2D eigenvalue weighted by Gasteiger charge is 2.38. The number of carbonyl (C=O) groups is 3. The van der Waals surface area contributed by atoms with Crippen molar-refractivity contribution in [2.75, 3.05) is 11.9 Å². The van der Waals surface area contributed by atoms with Gasteiger partial charge < -0.3 is 20.4 Å². The van der Waals surface area contributed by atoms with Crippen molar-refractivity contribution in [1.82, 2.24) is 4.90 Å². The van der Waals surface area contributed by atoms with Gasteiger partial charge in [-0.1, -0.05) is 12.1 Å². The molecule has 1 aromatic carbocycles. The molecule has 7 heteroatoms. The molecule has 1 aromatic rings. The second kappa shape index (κ2) is 5.92. The zero-order chi connectivity index (χ0) is 15.6. The predicted octanol–water partition coefficient (Wildman–Crippen LogP) is 0.941. The van der Waals surface area contributed by atoms with Crippen LogP contribution in [0, 0.1) is 0 Å². The van der Waals surface area contributed by atoms with Crippen molar-refractivity contribution in [3.63, 3.8) is 0 Å². The van der Waals surface area contributed by atoms with Gasteiger partial charge in [0.1, 0.15) is 6.04 Å². The van der Waals surface area contributed by atoms with Crippen LogP contribution in [-0.4, -0.2) is 51.6 Å². The molecule has 0 unspecified atom stereocenters. The molecule has 0 bridgehead atoms. The molecule has 0 radical (unpaired) electrons. The zero-order valence-corrected chi connectivity index (χ0v) is 11.4. The molecule has 1 saturated heterocycles. The molecule has 7 nitrogen and oxygen atoms in total. The summed E-state index contributed by atoms with van der Waals surface area (Å²) in [4.78, 5) is 35.6. The van der Waals surface area contributed by atoms with Crippen molar-refractivity contribution in [1.29, 1.82) is 0 Å². The summed E-state index contributed by atoms with van der Waals surface area (Å²) in [6.07, 6.45) is -0.837. The number of nitrogens with one attached hydrogen (secondary N) is 1. The molecule has 0 spiro atoms. The van der Waals surface area contributed by atoms with Crippen LogP contribution in [0.15, 0.2) is 24.3 Å². The Morgan fingerprint density at radius 3 is 2.67 bits per heavy atom. The van der Waals surface area contributed by atoms with E-state index in [1.807, 2.05) is 0 Å². The van der Waals surface area contributed by atoms with Crippen LogP contribution < -0.4 is 5.32 Å². The Labute approximate surface area is 121 Å². The number of hydrogen-bond donors (Lipinski definition) is 3. The number of likely N-dealkylation sites (tertiary alicyclic amines) is 1.